The van der Waals surface area contributed by atoms with E-state index >= 15 is 0 Å². The molecule has 0 fully saturated rings. The van der Waals surface area contributed by atoms with Crippen LogP contribution in [0.4, 0.5) is 0 Å². The van der Waals surface area contributed by atoms with Gasteiger partial charge in [-0.15, -0.1) is 0 Å². The van der Waals surface area contributed by atoms with Gasteiger partial charge in [0.2, 0.25) is 0 Å². The van der Waals surface area contributed by atoms with Crippen LogP contribution >= 0.6 is 0 Å². The number of carbonyl (C=O) groups is 1. The van der Waals surface area contributed by atoms with Gasteiger partial charge in [0, 0.05) is 6.08 Å². The Bertz CT molecular complexity index is 589. The first kappa shape index (κ1) is 11.1. The molecule has 17 heavy (non-hydrogen) atoms. The van der Waals surface area contributed by atoms with Crippen molar-refractivity contribution in [1.29, 1.82) is 0 Å². The number of allylic oxidation sites excluding steroid dienone is 2. The van der Waals surface area contributed by atoms with Crippen LogP contribution in [0.3, 0.4) is 0 Å². The van der Waals surface area contributed by atoms with E-state index in [0.717, 1.165) is 17.0 Å². The number of carboxylic acid groups (broad SMARTS) is 1. The Labute approximate surface area is 99.5 Å². The smallest absolute Gasteiger partial charge is 0.328 e. The number of carboxylic acids is 1. The molecule has 0 aliphatic carbocycles. The lowest BCUT2D eigenvalue weighted by atomic mass is 10.0. The monoisotopic (exact) mass is 224 g/mol. The van der Waals surface area contributed by atoms with Crippen molar-refractivity contribution in [3.05, 3.63) is 66.3 Å². The lowest BCUT2D eigenvalue weighted by molar-refractivity contribution is -0.131. The van der Waals surface area contributed by atoms with Gasteiger partial charge in [-0.05, 0) is 16.3 Å². The maximum absolute atomic E-state index is 10.3. The molecule has 0 bridgehead atoms. The third-order valence-electron chi connectivity index (χ3n) is 2.45. The van der Waals surface area contributed by atoms with E-state index < -0.39 is 5.97 Å². The van der Waals surface area contributed by atoms with Crippen molar-refractivity contribution in [1.82, 2.24) is 0 Å². The van der Waals surface area contributed by atoms with Gasteiger partial charge >= 0.3 is 5.97 Å². The van der Waals surface area contributed by atoms with Crippen molar-refractivity contribution in [3.8, 4) is 0 Å². The predicted octanol–water partition coefficient (Wildman–Crippen LogP) is 3.49. The number of benzene rings is 2. The number of aliphatic carboxylic acids is 1. The number of fused-ring (bicyclic) bond motifs is 1. The second-order valence-electron chi connectivity index (χ2n) is 3.62. The molecule has 0 aromatic heterocycles. The molecule has 0 heterocycles. The normalized spacial score (nSPS) is 11.5. The van der Waals surface area contributed by atoms with Crippen molar-refractivity contribution >= 4 is 22.8 Å². The molecule has 2 nitrogen and oxygen atoms in total. The third-order valence-corrected chi connectivity index (χ3v) is 2.45. The van der Waals surface area contributed by atoms with Crippen molar-refractivity contribution in [2.45, 2.75) is 0 Å². The number of hydrogen-bond acceptors (Lipinski definition) is 1. The van der Waals surface area contributed by atoms with E-state index in [9.17, 15) is 4.79 Å². The van der Waals surface area contributed by atoms with Gasteiger partial charge in [0.25, 0.3) is 0 Å². The summed E-state index contributed by atoms with van der Waals surface area (Å²) in [7, 11) is 0. The van der Waals surface area contributed by atoms with E-state index in [0.29, 0.717) is 0 Å². The Morgan fingerprint density at radius 1 is 1.00 bits per heavy atom. The molecule has 0 saturated carbocycles. The molecule has 1 N–H and O–H groups in total. The largest absolute Gasteiger partial charge is 0.478 e. The highest BCUT2D eigenvalue weighted by Gasteiger charge is 1.95. The fourth-order valence-electron chi connectivity index (χ4n) is 1.69. The average Bonchev–Trinajstić information content (AvgIpc) is 2.34. The van der Waals surface area contributed by atoms with Crippen LogP contribution in [-0.4, -0.2) is 11.1 Å². The average molecular weight is 224 g/mol. The van der Waals surface area contributed by atoms with Crippen LogP contribution in [0.15, 0.2) is 60.7 Å². The highest BCUT2D eigenvalue weighted by Crippen LogP contribution is 2.19. The van der Waals surface area contributed by atoms with Crippen LogP contribution in [0, 0.1) is 0 Å². The molecule has 2 heteroatoms. The van der Waals surface area contributed by atoms with Gasteiger partial charge in [-0.1, -0.05) is 60.7 Å². The summed E-state index contributed by atoms with van der Waals surface area (Å²) in [6.07, 6.45) is 6.27. The van der Waals surface area contributed by atoms with Crippen molar-refractivity contribution < 1.29 is 9.90 Å². The van der Waals surface area contributed by atoms with Crippen LogP contribution < -0.4 is 0 Å². The van der Waals surface area contributed by atoms with E-state index in [1.54, 1.807) is 6.08 Å². The Morgan fingerprint density at radius 2 is 1.76 bits per heavy atom. The summed E-state index contributed by atoms with van der Waals surface area (Å²) in [5.41, 5.74) is 1.08. The maximum atomic E-state index is 10.3. The Morgan fingerprint density at radius 3 is 2.59 bits per heavy atom. The minimum atomic E-state index is -0.937. The van der Waals surface area contributed by atoms with Crippen LogP contribution in [0.1, 0.15) is 5.56 Å². The molecule has 0 amide bonds. The fraction of sp³-hybridized carbons (Fsp3) is 0. The molecule has 0 spiro atoms. The quantitative estimate of drug-likeness (QED) is 0.640. The Balaban J connectivity index is 2.33. The van der Waals surface area contributed by atoms with E-state index in [1.807, 2.05) is 30.3 Å². The maximum Gasteiger partial charge on any atom is 0.328 e. The SMILES string of the molecule is O=C(O)/C=C/C=C/c1cccc2ccccc12. The zero-order valence-corrected chi connectivity index (χ0v) is 9.21. The highest BCUT2D eigenvalue weighted by atomic mass is 16.4. The van der Waals surface area contributed by atoms with E-state index in [2.05, 4.69) is 18.2 Å². The molecular weight excluding hydrogens is 212 g/mol. The molecule has 0 unspecified atom stereocenters. The highest BCUT2D eigenvalue weighted by molar-refractivity contribution is 5.90. The van der Waals surface area contributed by atoms with Crippen molar-refractivity contribution in [2.24, 2.45) is 0 Å². The summed E-state index contributed by atoms with van der Waals surface area (Å²) in [6.45, 7) is 0. The molecule has 0 saturated heterocycles. The van der Waals surface area contributed by atoms with E-state index in [1.165, 1.54) is 11.5 Å². The minimum Gasteiger partial charge on any atom is -0.478 e. The molecule has 0 aliphatic rings. The zero-order valence-electron chi connectivity index (χ0n) is 9.21. The van der Waals surface area contributed by atoms with Gasteiger partial charge in [-0.25, -0.2) is 4.79 Å². The summed E-state index contributed by atoms with van der Waals surface area (Å²) in [6, 6.07) is 14.2. The lowest BCUT2D eigenvalue weighted by Gasteiger charge is -2.00. The summed E-state index contributed by atoms with van der Waals surface area (Å²) in [4.78, 5) is 10.3. The van der Waals surface area contributed by atoms with Gasteiger partial charge in [0.15, 0.2) is 0 Å². The van der Waals surface area contributed by atoms with Gasteiger partial charge in [0.05, 0.1) is 0 Å². The van der Waals surface area contributed by atoms with Crippen LogP contribution in [0.2, 0.25) is 0 Å². The van der Waals surface area contributed by atoms with Crippen LogP contribution in [-0.2, 0) is 4.79 Å². The first-order valence-corrected chi connectivity index (χ1v) is 5.33. The number of rotatable bonds is 3. The molecular formula is C15H12O2. The summed E-state index contributed by atoms with van der Waals surface area (Å²) < 4.78 is 0. The molecule has 2 aromatic rings. The first-order chi connectivity index (χ1) is 8.27. The molecule has 0 atom stereocenters. The first-order valence-electron chi connectivity index (χ1n) is 5.33. The Kier molecular flexibility index (Phi) is 3.36. The third kappa shape index (κ3) is 2.82. The van der Waals surface area contributed by atoms with E-state index in [-0.39, 0.29) is 0 Å². The Hall–Kier alpha value is -2.35. The van der Waals surface area contributed by atoms with Crippen molar-refractivity contribution in [2.75, 3.05) is 0 Å². The molecule has 0 aliphatic heterocycles. The molecule has 2 aromatic carbocycles. The summed E-state index contributed by atoms with van der Waals surface area (Å²) >= 11 is 0. The predicted molar refractivity (Wildman–Crippen MR) is 69.8 cm³/mol. The second kappa shape index (κ2) is 5.12. The van der Waals surface area contributed by atoms with E-state index in [4.69, 9.17) is 5.11 Å². The van der Waals surface area contributed by atoms with Gasteiger partial charge in [-0.3, -0.25) is 0 Å². The van der Waals surface area contributed by atoms with Crippen molar-refractivity contribution in [3.63, 3.8) is 0 Å². The van der Waals surface area contributed by atoms with Gasteiger partial charge in [0.1, 0.15) is 0 Å². The molecule has 2 rings (SSSR count). The molecule has 84 valence electrons. The zero-order chi connectivity index (χ0) is 12.1. The topological polar surface area (TPSA) is 37.3 Å². The fourth-order valence-corrected chi connectivity index (χ4v) is 1.69. The number of hydrogen-bond donors (Lipinski definition) is 1. The van der Waals surface area contributed by atoms with Gasteiger partial charge in [-0.2, -0.15) is 0 Å². The lowest BCUT2D eigenvalue weighted by Crippen LogP contribution is -1.84. The van der Waals surface area contributed by atoms with Crippen LogP contribution in [0.25, 0.3) is 16.8 Å². The second-order valence-corrected chi connectivity index (χ2v) is 3.62. The standard InChI is InChI=1S/C15H12O2/c16-15(17)11-4-2-7-13-9-5-8-12-6-1-3-10-14(12)13/h1-11H,(H,16,17)/b7-2+,11-4+. The summed E-state index contributed by atoms with van der Waals surface area (Å²) in [5, 5.41) is 10.8. The van der Waals surface area contributed by atoms with Gasteiger partial charge < -0.3 is 5.11 Å². The van der Waals surface area contributed by atoms with Crippen LogP contribution in [0.5, 0.6) is 0 Å². The molecule has 0 radical (unpaired) electrons. The summed E-state index contributed by atoms with van der Waals surface area (Å²) in [5.74, 6) is -0.937. The minimum absolute atomic E-state index is 0.937.